The van der Waals surface area contributed by atoms with Crippen molar-refractivity contribution in [2.45, 2.75) is 6.92 Å². The molecule has 0 N–H and O–H groups in total. The van der Waals surface area contributed by atoms with Gasteiger partial charge in [-0.1, -0.05) is 54.6 Å². The molecule has 0 saturated heterocycles. The number of nitrogens with zero attached hydrogens (tertiary/aromatic N) is 3. The van der Waals surface area contributed by atoms with Crippen LogP contribution in [0.1, 0.15) is 33.5 Å². The zero-order valence-electron chi connectivity index (χ0n) is 17.8. The van der Waals surface area contributed by atoms with Crippen molar-refractivity contribution in [3.63, 3.8) is 0 Å². The number of aryl methyl sites for hydroxylation is 1. The molecular formula is C26H21N3O3. The van der Waals surface area contributed by atoms with Gasteiger partial charge in [-0.15, -0.1) is 0 Å². The molecule has 0 aliphatic heterocycles. The van der Waals surface area contributed by atoms with Gasteiger partial charge >= 0.3 is 5.97 Å². The predicted molar refractivity (Wildman–Crippen MR) is 125 cm³/mol. The smallest absolute Gasteiger partial charge is 0.357 e. The van der Waals surface area contributed by atoms with Gasteiger partial charge in [-0.3, -0.25) is 9.20 Å². The highest BCUT2D eigenvalue weighted by molar-refractivity contribution is 6.15. The maximum Gasteiger partial charge on any atom is 0.357 e. The third-order valence-electron chi connectivity index (χ3n) is 5.59. The minimum absolute atomic E-state index is 0.154. The van der Waals surface area contributed by atoms with Gasteiger partial charge in [0, 0.05) is 12.6 Å². The predicted octanol–water partition coefficient (Wildman–Crippen LogP) is 5.05. The van der Waals surface area contributed by atoms with Crippen molar-refractivity contribution in [2.75, 3.05) is 6.61 Å². The first-order chi connectivity index (χ1) is 15.6. The number of esters is 1. The van der Waals surface area contributed by atoms with Crippen molar-refractivity contribution in [3.8, 4) is 0 Å². The summed E-state index contributed by atoms with van der Waals surface area (Å²) in [5, 5.41) is 1.88. The number of carbonyl (C=O) groups is 2. The number of hydrogen-bond acceptors (Lipinski definition) is 4. The maximum absolute atomic E-state index is 13.0. The molecule has 2 aromatic heterocycles. The average Bonchev–Trinajstić information content (AvgIpc) is 3.33. The van der Waals surface area contributed by atoms with E-state index < -0.39 is 5.97 Å². The highest BCUT2D eigenvalue weighted by Gasteiger charge is 2.23. The number of hydrogen-bond donors (Lipinski definition) is 0. The SMILES string of the molecule is CCOC(=O)c1c(/C=C/C(=O)c2cccc3ccccc23)nc2n(C)c3ccccc3n12. The molecule has 0 aliphatic rings. The summed E-state index contributed by atoms with van der Waals surface area (Å²) < 4.78 is 9.02. The van der Waals surface area contributed by atoms with Crippen LogP contribution in [0.15, 0.2) is 72.8 Å². The van der Waals surface area contributed by atoms with Gasteiger partial charge in [0.25, 0.3) is 0 Å². The minimum Gasteiger partial charge on any atom is -0.461 e. The van der Waals surface area contributed by atoms with E-state index in [0.717, 1.165) is 21.8 Å². The van der Waals surface area contributed by atoms with Crippen molar-refractivity contribution in [1.29, 1.82) is 0 Å². The fraction of sp³-hybridized carbons (Fsp3) is 0.115. The molecule has 6 heteroatoms. The summed E-state index contributed by atoms with van der Waals surface area (Å²) in [6.07, 6.45) is 3.06. The summed E-state index contributed by atoms with van der Waals surface area (Å²) in [4.78, 5) is 30.6. The molecule has 32 heavy (non-hydrogen) atoms. The summed E-state index contributed by atoms with van der Waals surface area (Å²) in [6.45, 7) is 2.01. The number of ether oxygens (including phenoxy) is 1. The van der Waals surface area contributed by atoms with Crippen LogP contribution in [0, 0.1) is 0 Å². The Balaban J connectivity index is 1.64. The Morgan fingerprint density at radius 1 is 0.969 bits per heavy atom. The summed E-state index contributed by atoms with van der Waals surface area (Å²) in [6, 6.07) is 21.2. The molecule has 0 aliphatic carbocycles. The Morgan fingerprint density at radius 3 is 2.50 bits per heavy atom. The van der Waals surface area contributed by atoms with Gasteiger partial charge in [0.1, 0.15) is 0 Å². The molecule has 0 fully saturated rings. The summed E-state index contributed by atoms with van der Waals surface area (Å²) >= 11 is 0. The third kappa shape index (κ3) is 3.08. The first kappa shape index (κ1) is 19.8. The number of aromatic nitrogens is 3. The molecule has 0 spiro atoms. The Bertz CT molecular complexity index is 1530. The van der Waals surface area contributed by atoms with Gasteiger partial charge in [0.15, 0.2) is 11.5 Å². The molecule has 5 rings (SSSR count). The van der Waals surface area contributed by atoms with Crippen molar-refractivity contribution in [3.05, 3.63) is 89.8 Å². The number of rotatable bonds is 5. The second-order valence-corrected chi connectivity index (χ2v) is 7.47. The van der Waals surface area contributed by atoms with Crippen LogP contribution in [0.5, 0.6) is 0 Å². The van der Waals surface area contributed by atoms with E-state index in [2.05, 4.69) is 4.98 Å². The van der Waals surface area contributed by atoms with E-state index in [-0.39, 0.29) is 12.4 Å². The minimum atomic E-state index is -0.478. The normalized spacial score (nSPS) is 11.7. The Morgan fingerprint density at radius 2 is 1.69 bits per heavy atom. The van der Waals surface area contributed by atoms with Crippen LogP contribution in [0.25, 0.3) is 33.7 Å². The fourth-order valence-corrected chi connectivity index (χ4v) is 4.12. The quantitative estimate of drug-likeness (QED) is 0.225. The highest BCUT2D eigenvalue weighted by Crippen LogP contribution is 2.25. The molecule has 158 valence electrons. The van der Waals surface area contributed by atoms with Crippen molar-refractivity contribution in [2.24, 2.45) is 7.05 Å². The van der Waals surface area contributed by atoms with E-state index in [1.54, 1.807) is 23.5 Å². The van der Waals surface area contributed by atoms with Crippen molar-refractivity contribution >= 4 is 45.4 Å². The number of fused-ring (bicyclic) bond motifs is 4. The van der Waals surface area contributed by atoms with E-state index in [1.807, 2.05) is 72.3 Å². The van der Waals surface area contributed by atoms with E-state index in [0.29, 0.717) is 22.7 Å². The lowest BCUT2D eigenvalue weighted by molar-refractivity contribution is 0.0518. The Kier molecular flexibility index (Phi) is 4.82. The van der Waals surface area contributed by atoms with Crippen LogP contribution < -0.4 is 0 Å². The van der Waals surface area contributed by atoms with Crippen LogP contribution in [-0.4, -0.2) is 32.3 Å². The van der Waals surface area contributed by atoms with E-state index in [4.69, 9.17) is 4.74 Å². The van der Waals surface area contributed by atoms with Crippen LogP contribution in [0.2, 0.25) is 0 Å². The molecule has 0 saturated carbocycles. The molecule has 6 nitrogen and oxygen atoms in total. The monoisotopic (exact) mass is 423 g/mol. The van der Waals surface area contributed by atoms with Crippen molar-refractivity contribution in [1.82, 2.24) is 14.0 Å². The van der Waals surface area contributed by atoms with Gasteiger partial charge in [-0.05, 0) is 42.0 Å². The van der Waals surface area contributed by atoms with Gasteiger partial charge in [-0.2, -0.15) is 0 Å². The number of imidazole rings is 2. The third-order valence-corrected chi connectivity index (χ3v) is 5.59. The van der Waals surface area contributed by atoms with Crippen LogP contribution in [0.4, 0.5) is 0 Å². The zero-order valence-corrected chi connectivity index (χ0v) is 17.8. The molecule has 0 unspecified atom stereocenters. The molecule has 0 atom stereocenters. The van der Waals surface area contributed by atoms with E-state index >= 15 is 0 Å². The van der Waals surface area contributed by atoms with Crippen LogP contribution >= 0.6 is 0 Å². The lowest BCUT2D eigenvalue weighted by Gasteiger charge is -2.04. The van der Waals surface area contributed by atoms with Gasteiger partial charge in [0.2, 0.25) is 5.78 Å². The lowest BCUT2D eigenvalue weighted by Crippen LogP contribution is -2.09. The summed E-state index contributed by atoms with van der Waals surface area (Å²) in [5.41, 5.74) is 3.10. The fourth-order valence-electron chi connectivity index (χ4n) is 4.12. The van der Waals surface area contributed by atoms with Crippen LogP contribution in [0.3, 0.4) is 0 Å². The average molecular weight is 423 g/mol. The van der Waals surface area contributed by atoms with Gasteiger partial charge in [0.05, 0.1) is 23.3 Å². The second kappa shape index (κ2) is 7.81. The van der Waals surface area contributed by atoms with Crippen LogP contribution in [-0.2, 0) is 11.8 Å². The largest absolute Gasteiger partial charge is 0.461 e. The molecule has 2 heterocycles. The molecule has 0 amide bonds. The number of carbonyl (C=O) groups excluding carboxylic acids is 2. The molecule has 0 bridgehead atoms. The summed E-state index contributed by atoms with van der Waals surface area (Å²) in [5.74, 6) is -0.0290. The molecule has 5 aromatic rings. The van der Waals surface area contributed by atoms with E-state index in [9.17, 15) is 9.59 Å². The number of ketones is 1. The summed E-state index contributed by atoms with van der Waals surface area (Å²) in [7, 11) is 1.90. The molecule has 3 aromatic carbocycles. The first-order valence-electron chi connectivity index (χ1n) is 10.4. The highest BCUT2D eigenvalue weighted by atomic mass is 16.5. The Labute approximate surface area is 184 Å². The second-order valence-electron chi connectivity index (χ2n) is 7.47. The maximum atomic E-state index is 13.0. The van der Waals surface area contributed by atoms with Gasteiger partial charge < -0.3 is 9.30 Å². The molecule has 0 radical (unpaired) electrons. The van der Waals surface area contributed by atoms with Crippen molar-refractivity contribution < 1.29 is 14.3 Å². The Hall–Kier alpha value is -4.19. The lowest BCUT2D eigenvalue weighted by atomic mass is 10.0. The molecular weight excluding hydrogens is 402 g/mol. The number of allylic oxidation sites excluding steroid dienone is 1. The topological polar surface area (TPSA) is 65.6 Å². The van der Waals surface area contributed by atoms with Gasteiger partial charge in [-0.25, -0.2) is 9.78 Å². The van der Waals surface area contributed by atoms with E-state index in [1.165, 1.54) is 6.08 Å². The zero-order chi connectivity index (χ0) is 22.2. The number of benzene rings is 3. The first-order valence-corrected chi connectivity index (χ1v) is 10.4. The standard InChI is InChI=1S/C26H21N3O3/c1-3-32-25(31)24-20(27-26-28(2)21-13-6-7-14-22(21)29(24)26)15-16-23(30)19-12-8-10-17-9-4-5-11-18(17)19/h4-16H,3H2,1-2H3/b16-15+. The number of para-hydroxylation sites is 2.